The van der Waals surface area contributed by atoms with Gasteiger partial charge in [-0.1, -0.05) is 6.42 Å². The molecule has 138 valence electrons. The molecule has 1 aromatic heterocycles. The molecule has 1 amide bonds. The molecule has 0 saturated carbocycles. The number of nitrogens with zero attached hydrogens (tertiary/aromatic N) is 1. The Bertz CT molecular complexity index is 911. The molecule has 3 rings (SSSR count). The lowest BCUT2D eigenvalue weighted by molar-refractivity contribution is 0.101. The van der Waals surface area contributed by atoms with Gasteiger partial charge in [0.05, 0.1) is 14.6 Å². The zero-order valence-corrected chi connectivity index (χ0v) is 16.0. The summed E-state index contributed by atoms with van der Waals surface area (Å²) in [4.78, 5) is 24.7. The second-order valence-electron chi connectivity index (χ2n) is 6.16. The molecular formula is C18H20N2O4S2. The first kappa shape index (κ1) is 18.8. The molecule has 1 aliphatic heterocycles. The number of carbonyl (C=O) groups excluding carboxylic acids is 2. The molecule has 0 spiro atoms. The highest BCUT2D eigenvalue weighted by atomic mass is 32.2. The fourth-order valence-corrected chi connectivity index (χ4v) is 5.12. The van der Waals surface area contributed by atoms with Gasteiger partial charge in [0.2, 0.25) is 10.0 Å². The van der Waals surface area contributed by atoms with Crippen molar-refractivity contribution in [3.8, 4) is 0 Å². The second kappa shape index (κ2) is 7.69. The molecule has 1 N–H and O–H groups in total. The highest BCUT2D eigenvalue weighted by Crippen LogP contribution is 2.23. The van der Waals surface area contributed by atoms with Crippen molar-refractivity contribution in [2.24, 2.45) is 0 Å². The van der Waals surface area contributed by atoms with Crippen molar-refractivity contribution in [1.82, 2.24) is 4.31 Å². The summed E-state index contributed by atoms with van der Waals surface area (Å²) in [5.41, 5.74) is 0.505. The lowest BCUT2D eigenvalue weighted by Gasteiger charge is -2.25. The van der Waals surface area contributed by atoms with E-state index in [2.05, 4.69) is 5.32 Å². The zero-order valence-electron chi connectivity index (χ0n) is 14.4. The molecule has 0 aliphatic carbocycles. The van der Waals surface area contributed by atoms with Gasteiger partial charge in [-0.05, 0) is 56.2 Å². The van der Waals surface area contributed by atoms with Crippen molar-refractivity contribution in [3.63, 3.8) is 0 Å². The van der Waals surface area contributed by atoms with E-state index >= 15 is 0 Å². The SMILES string of the molecule is CC(=O)c1ccc(C(=O)Nc2ccc(S(=O)(=O)N3CCCCC3)cc2)s1. The molecule has 0 atom stereocenters. The molecule has 6 nitrogen and oxygen atoms in total. The summed E-state index contributed by atoms with van der Waals surface area (Å²) >= 11 is 1.13. The van der Waals surface area contributed by atoms with Crippen molar-refractivity contribution in [2.75, 3.05) is 18.4 Å². The first-order valence-electron chi connectivity index (χ1n) is 8.40. The van der Waals surface area contributed by atoms with Crippen LogP contribution in [0.25, 0.3) is 0 Å². The highest BCUT2D eigenvalue weighted by Gasteiger charge is 2.25. The Morgan fingerprint density at radius 2 is 1.58 bits per heavy atom. The average molecular weight is 393 g/mol. The Hall–Kier alpha value is -2.03. The van der Waals surface area contributed by atoms with E-state index in [0.717, 1.165) is 30.6 Å². The van der Waals surface area contributed by atoms with Crippen LogP contribution in [0.1, 0.15) is 45.5 Å². The van der Waals surface area contributed by atoms with Gasteiger partial charge < -0.3 is 5.32 Å². The van der Waals surface area contributed by atoms with Crippen LogP contribution in [0.15, 0.2) is 41.3 Å². The Balaban J connectivity index is 1.70. The molecule has 26 heavy (non-hydrogen) atoms. The third-order valence-corrected chi connectivity index (χ3v) is 7.34. The monoisotopic (exact) mass is 392 g/mol. The number of Topliss-reactive ketones (excluding diaryl/α,β-unsaturated/α-hetero) is 1. The minimum Gasteiger partial charge on any atom is -0.321 e. The van der Waals surface area contributed by atoms with Crippen LogP contribution in [0.5, 0.6) is 0 Å². The second-order valence-corrected chi connectivity index (χ2v) is 9.19. The molecule has 1 fully saturated rings. The van der Waals surface area contributed by atoms with E-state index in [4.69, 9.17) is 0 Å². The number of piperidine rings is 1. The highest BCUT2D eigenvalue weighted by molar-refractivity contribution is 7.89. The molecule has 1 aliphatic rings. The van der Waals surface area contributed by atoms with Crippen LogP contribution in [0.2, 0.25) is 0 Å². The summed E-state index contributed by atoms with van der Waals surface area (Å²) in [6.07, 6.45) is 2.83. The van der Waals surface area contributed by atoms with Gasteiger partial charge in [0, 0.05) is 18.8 Å². The number of ketones is 1. The summed E-state index contributed by atoms with van der Waals surface area (Å²) in [6.45, 7) is 2.56. The third kappa shape index (κ3) is 4.03. The Morgan fingerprint density at radius 3 is 2.15 bits per heavy atom. The largest absolute Gasteiger partial charge is 0.321 e. The average Bonchev–Trinajstić information content (AvgIpc) is 3.13. The van der Waals surface area contributed by atoms with Gasteiger partial charge in [-0.2, -0.15) is 4.31 Å². The van der Waals surface area contributed by atoms with Gasteiger partial charge in [-0.3, -0.25) is 9.59 Å². The maximum atomic E-state index is 12.6. The quantitative estimate of drug-likeness (QED) is 0.791. The summed E-state index contributed by atoms with van der Waals surface area (Å²) < 4.78 is 26.7. The number of hydrogen-bond donors (Lipinski definition) is 1. The number of thiophene rings is 1. The van der Waals surface area contributed by atoms with E-state index in [9.17, 15) is 18.0 Å². The van der Waals surface area contributed by atoms with Gasteiger partial charge in [0.15, 0.2) is 5.78 Å². The van der Waals surface area contributed by atoms with Gasteiger partial charge in [-0.15, -0.1) is 11.3 Å². The fourth-order valence-electron chi connectivity index (χ4n) is 2.81. The predicted molar refractivity (Wildman–Crippen MR) is 101 cm³/mol. The minimum atomic E-state index is -3.48. The van der Waals surface area contributed by atoms with E-state index in [1.165, 1.54) is 23.4 Å². The summed E-state index contributed by atoms with van der Waals surface area (Å²) in [6, 6.07) is 9.40. The summed E-state index contributed by atoms with van der Waals surface area (Å²) in [7, 11) is -3.48. The van der Waals surface area contributed by atoms with Crippen LogP contribution in [-0.2, 0) is 10.0 Å². The van der Waals surface area contributed by atoms with Gasteiger partial charge in [-0.25, -0.2) is 8.42 Å². The van der Waals surface area contributed by atoms with Gasteiger partial charge >= 0.3 is 0 Å². The number of benzene rings is 1. The van der Waals surface area contributed by atoms with E-state index in [1.54, 1.807) is 24.3 Å². The van der Waals surface area contributed by atoms with Crippen molar-refractivity contribution in [3.05, 3.63) is 46.2 Å². The third-order valence-electron chi connectivity index (χ3n) is 4.24. The van der Waals surface area contributed by atoms with Crippen LogP contribution in [0.3, 0.4) is 0 Å². The lowest BCUT2D eigenvalue weighted by Crippen LogP contribution is -2.35. The molecule has 2 heterocycles. The topological polar surface area (TPSA) is 83.5 Å². The van der Waals surface area contributed by atoms with Crippen molar-refractivity contribution in [1.29, 1.82) is 0 Å². The normalized spacial score (nSPS) is 15.6. The maximum Gasteiger partial charge on any atom is 0.265 e. The van der Waals surface area contributed by atoms with Crippen molar-refractivity contribution in [2.45, 2.75) is 31.1 Å². The molecule has 8 heteroatoms. The van der Waals surface area contributed by atoms with Crippen molar-refractivity contribution < 1.29 is 18.0 Å². The zero-order chi connectivity index (χ0) is 18.7. The lowest BCUT2D eigenvalue weighted by atomic mass is 10.2. The summed E-state index contributed by atoms with van der Waals surface area (Å²) in [5.74, 6) is -0.407. The fraction of sp³-hybridized carbons (Fsp3) is 0.333. The van der Waals surface area contributed by atoms with Crippen LogP contribution < -0.4 is 5.32 Å². The number of hydrogen-bond acceptors (Lipinski definition) is 5. The Morgan fingerprint density at radius 1 is 0.962 bits per heavy atom. The first-order chi connectivity index (χ1) is 12.4. The van der Waals surface area contributed by atoms with E-state index < -0.39 is 10.0 Å². The predicted octanol–water partition coefficient (Wildman–Crippen LogP) is 3.38. The number of amides is 1. The molecule has 0 radical (unpaired) electrons. The molecule has 0 unspecified atom stereocenters. The molecule has 2 aromatic rings. The molecule has 1 saturated heterocycles. The van der Waals surface area contributed by atoms with Crippen LogP contribution in [0.4, 0.5) is 5.69 Å². The molecular weight excluding hydrogens is 372 g/mol. The number of rotatable bonds is 5. The molecule has 1 aromatic carbocycles. The van der Waals surface area contributed by atoms with Crippen LogP contribution in [-0.4, -0.2) is 37.5 Å². The standard InChI is InChI=1S/C18H20N2O4S2/c1-13(21)16-9-10-17(25-16)18(22)19-14-5-7-15(8-6-14)26(23,24)20-11-3-2-4-12-20/h5-10H,2-4,11-12H2,1H3,(H,19,22). The van der Waals surface area contributed by atoms with E-state index in [1.807, 2.05) is 0 Å². The number of sulfonamides is 1. The number of carbonyl (C=O) groups is 2. The van der Waals surface area contributed by atoms with Gasteiger partial charge in [0.25, 0.3) is 5.91 Å². The Kier molecular flexibility index (Phi) is 5.55. The first-order valence-corrected chi connectivity index (χ1v) is 10.7. The van der Waals surface area contributed by atoms with Crippen molar-refractivity contribution >= 4 is 38.7 Å². The molecule has 0 bridgehead atoms. The number of anilines is 1. The van der Waals surface area contributed by atoms with Crippen LogP contribution >= 0.6 is 11.3 Å². The Labute approximate surface area is 156 Å². The minimum absolute atomic E-state index is 0.0821. The van der Waals surface area contributed by atoms with E-state index in [-0.39, 0.29) is 16.6 Å². The number of nitrogens with one attached hydrogen (secondary N) is 1. The van der Waals surface area contributed by atoms with Gasteiger partial charge in [0.1, 0.15) is 0 Å². The maximum absolute atomic E-state index is 12.6. The summed E-state index contributed by atoms with van der Waals surface area (Å²) in [5, 5.41) is 2.72. The van der Waals surface area contributed by atoms with E-state index in [0.29, 0.717) is 28.5 Å². The van der Waals surface area contributed by atoms with Crippen LogP contribution in [0, 0.1) is 0 Å². The smallest absolute Gasteiger partial charge is 0.265 e.